The van der Waals surface area contributed by atoms with Crippen molar-refractivity contribution in [1.82, 2.24) is 9.80 Å². The molecule has 132 valence electrons. The van der Waals surface area contributed by atoms with Crippen LogP contribution in [0.3, 0.4) is 0 Å². The maximum absolute atomic E-state index is 12.8. The number of thiophene rings is 1. The summed E-state index contributed by atoms with van der Waals surface area (Å²) in [5.74, 6) is 0.360. The van der Waals surface area contributed by atoms with Gasteiger partial charge in [-0.2, -0.15) is 0 Å². The minimum atomic E-state index is -0.330. The van der Waals surface area contributed by atoms with Gasteiger partial charge in [0.25, 0.3) is 0 Å². The zero-order valence-corrected chi connectivity index (χ0v) is 15.4. The first-order chi connectivity index (χ1) is 11.7. The standard InChI is InChI=1S/C19H28N2O2S/c1-3-9-21-13-16-12-20(14-17-7-5-11-24-17)10-6-8-19(16,15-21)18(22)23-4-2/h3,5,7,11,16H,1,4,6,8-10,12-15H2,2H3/t16-,19-/m1/s1. The molecule has 4 nitrogen and oxygen atoms in total. The predicted octanol–water partition coefficient (Wildman–Crippen LogP) is 3.01. The highest BCUT2D eigenvalue weighted by Gasteiger charge is 2.53. The maximum Gasteiger partial charge on any atom is 0.313 e. The molecule has 5 heteroatoms. The predicted molar refractivity (Wildman–Crippen MR) is 98.0 cm³/mol. The third kappa shape index (κ3) is 3.58. The van der Waals surface area contributed by atoms with Gasteiger partial charge >= 0.3 is 5.97 Å². The fourth-order valence-electron chi connectivity index (χ4n) is 4.31. The summed E-state index contributed by atoms with van der Waals surface area (Å²) in [6, 6.07) is 4.31. The molecule has 0 spiro atoms. The Kier molecular flexibility index (Phi) is 5.74. The maximum atomic E-state index is 12.8. The van der Waals surface area contributed by atoms with E-state index in [1.807, 2.05) is 24.3 Å². The zero-order chi connectivity index (χ0) is 17.0. The Balaban J connectivity index is 1.77. The van der Waals surface area contributed by atoms with Gasteiger partial charge in [0.1, 0.15) is 0 Å². The Morgan fingerprint density at radius 1 is 1.50 bits per heavy atom. The highest BCUT2D eigenvalue weighted by molar-refractivity contribution is 7.09. The fraction of sp³-hybridized carbons (Fsp3) is 0.632. The number of carbonyl (C=O) groups excluding carboxylic acids is 1. The van der Waals surface area contributed by atoms with Crippen LogP contribution in [-0.2, 0) is 16.1 Å². The molecule has 0 bridgehead atoms. The second kappa shape index (κ2) is 7.81. The van der Waals surface area contributed by atoms with Gasteiger partial charge in [-0.15, -0.1) is 17.9 Å². The zero-order valence-electron chi connectivity index (χ0n) is 14.6. The molecule has 3 rings (SSSR count). The summed E-state index contributed by atoms with van der Waals surface area (Å²) in [6.45, 7) is 11.9. The van der Waals surface area contributed by atoms with E-state index >= 15 is 0 Å². The number of hydrogen-bond donors (Lipinski definition) is 0. The lowest BCUT2D eigenvalue weighted by molar-refractivity contribution is -0.157. The van der Waals surface area contributed by atoms with Crippen molar-refractivity contribution in [2.75, 3.05) is 39.3 Å². The van der Waals surface area contributed by atoms with Gasteiger partial charge in [0.05, 0.1) is 12.0 Å². The van der Waals surface area contributed by atoms with Crippen molar-refractivity contribution >= 4 is 17.3 Å². The van der Waals surface area contributed by atoms with Gasteiger partial charge in [-0.05, 0) is 37.8 Å². The smallest absolute Gasteiger partial charge is 0.313 e. The molecule has 0 aliphatic carbocycles. The molecule has 2 fully saturated rings. The third-order valence-electron chi connectivity index (χ3n) is 5.37. The van der Waals surface area contributed by atoms with Gasteiger partial charge in [-0.1, -0.05) is 12.1 Å². The molecule has 1 aromatic rings. The van der Waals surface area contributed by atoms with E-state index < -0.39 is 0 Å². The largest absolute Gasteiger partial charge is 0.466 e. The number of fused-ring (bicyclic) bond motifs is 1. The quantitative estimate of drug-likeness (QED) is 0.584. The Morgan fingerprint density at radius 2 is 2.33 bits per heavy atom. The molecule has 2 atom stereocenters. The van der Waals surface area contributed by atoms with Gasteiger partial charge in [-0.3, -0.25) is 14.6 Å². The first kappa shape index (κ1) is 17.6. The molecule has 24 heavy (non-hydrogen) atoms. The molecule has 2 saturated heterocycles. The molecule has 2 aliphatic heterocycles. The number of likely N-dealkylation sites (tertiary alicyclic amines) is 2. The third-order valence-corrected chi connectivity index (χ3v) is 6.23. The van der Waals surface area contributed by atoms with Gasteiger partial charge in [0.15, 0.2) is 0 Å². The van der Waals surface area contributed by atoms with E-state index in [0.29, 0.717) is 12.5 Å². The summed E-state index contributed by atoms with van der Waals surface area (Å²) in [7, 11) is 0. The lowest BCUT2D eigenvalue weighted by atomic mass is 9.75. The SMILES string of the molecule is C=CCN1C[C@H]2CN(Cc3cccs3)CCC[C@@]2(C(=O)OCC)C1. The van der Waals surface area contributed by atoms with Crippen LogP contribution in [0.2, 0.25) is 0 Å². The molecule has 0 unspecified atom stereocenters. The first-order valence-electron chi connectivity index (χ1n) is 8.93. The van der Waals surface area contributed by atoms with Gasteiger partial charge in [0, 0.05) is 43.5 Å². The molecule has 0 radical (unpaired) electrons. The van der Waals surface area contributed by atoms with Crippen molar-refractivity contribution in [3.05, 3.63) is 35.0 Å². The van der Waals surface area contributed by atoms with Crippen LogP contribution >= 0.6 is 11.3 Å². The number of rotatable bonds is 6. The number of nitrogens with zero attached hydrogens (tertiary/aromatic N) is 2. The molecular weight excluding hydrogens is 320 g/mol. The second-order valence-electron chi connectivity index (χ2n) is 6.97. The van der Waals surface area contributed by atoms with Crippen LogP contribution in [0.4, 0.5) is 0 Å². The van der Waals surface area contributed by atoms with E-state index in [0.717, 1.165) is 52.1 Å². The van der Waals surface area contributed by atoms with Crippen molar-refractivity contribution in [2.45, 2.75) is 26.3 Å². The van der Waals surface area contributed by atoms with Crippen molar-refractivity contribution in [3.8, 4) is 0 Å². The Morgan fingerprint density at radius 3 is 3.04 bits per heavy atom. The fourth-order valence-corrected chi connectivity index (χ4v) is 5.06. The van der Waals surface area contributed by atoms with Crippen molar-refractivity contribution in [2.24, 2.45) is 11.3 Å². The van der Waals surface area contributed by atoms with E-state index in [2.05, 4.69) is 33.9 Å². The van der Waals surface area contributed by atoms with Crippen molar-refractivity contribution < 1.29 is 9.53 Å². The van der Waals surface area contributed by atoms with Crippen LogP contribution < -0.4 is 0 Å². The van der Waals surface area contributed by atoms with E-state index in [-0.39, 0.29) is 11.4 Å². The lowest BCUT2D eigenvalue weighted by Gasteiger charge is -2.31. The Hall–Kier alpha value is -1.17. The lowest BCUT2D eigenvalue weighted by Crippen LogP contribution is -2.42. The first-order valence-corrected chi connectivity index (χ1v) is 9.81. The highest BCUT2D eigenvalue weighted by Crippen LogP contribution is 2.44. The summed E-state index contributed by atoms with van der Waals surface area (Å²) < 4.78 is 5.50. The molecule has 0 N–H and O–H groups in total. The minimum Gasteiger partial charge on any atom is -0.466 e. The van der Waals surface area contributed by atoms with E-state index in [1.165, 1.54) is 4.88 Å². The Labute approximate surface area is 149 Å². The average Bonchev–Trinajstić information content (AvgIpc) is 3.13. The van der Waals surface area contributed by atoms with Gasteiger partial charge in [-0.25, -0.2) is 0 Å². The van der Waals surface area contributed by atoms with E-state index in [4.69, 9.17) is 4.74 Å². The molecule has 0 amide bonds. The minimum absolute atomic E-state index is 0.0135. The summed E-state index contributed by atoms with van der Waals surface area (Å²) in [6.07, 6.45) is 3.93. The van der Waals surface area contributed by atoms with Crippen LogP contribution in [0.25, 0.3) is 0 Å². The molecule has 1 aromatic heterocycles. The summed E-state index contributed by atoms with van der Waals surface area (Å²) in [4.78, 5) is 19.1. The molecule has 2 aliphatic rings. The molecule has 0 aromatic carbocycles. The van der Waals surface area contributed by atoms with Crippen molar-refractivity contribution in [3.63, 3.8) is 0 Å². The summed E-state index contributed by atoms with van der Waals surface area (Å²) in [5.41, 5.74) is -0.330. The van der Waals surface area contributed by atoms with Crippen LogP contribution in [0, 0.1) is 11.3 Å². The Bertz CT molecular complexity index is 560. The van der Waals surface area contributed by atoms with Gasteiger partial charge in [0.2, 0.25) is 0 Å². The average molecular weight is 349 g/mol. The number of hydrogen-bond acceptors (Lipinski definition) is 5. The molecule has 3 heterocycles. The van der Waals surface area contributed by atoms with Crippen LogP contribution in [-0.4, -0.2) is 55.1 Å². The van der Waals surface area contributed by atoms with E-state index in [1.54, 1.807) is 0 Å². The van der Waals surface area contributed by atoms with Crippen LogP contribution in [0.5, 0.6) is 0 Å². The van der Waals surface area contributed by atoms with Crippen LogP contribution in [0.1, 0.15) is 24.6 Å². The topological polar surface area (TPSA) is 32.8 Å². The second-order valence-corrected chi connectivity index (χ2v) is 8.01. The number of ether oxygens (including phenoxy) is 1. The van der Waals surface area contributed by atoms with Crippen molar-refractivity contribution in [1.29, 1.82) is 0 Å². The summed E-state index contributed by atoms with van der Waals surface area (Å²) in [5, 5.41) is 2.14. The monoisotopic (exact) mass is 348 g/mol. The van der Waals surface area contributed by atoms with Crippen LogP contribution in [0.15, 0.2) is 30.2 Å². The number of carbonyl (C=O) groups is 1. The highest BCUT2D eigenvalue weighted by atomic mass is 32.1. The van der Waals surface area contributed by atoms with Gasteiger partial charge < -0.3 is 4.74 Å². The number of esters is 1. The molecular formula is C19H28N2O2S. The normalized spacial score (nSPS) is 28.3. The summed E-state index contributed by atoms with van der Waals surface area (Å²) >= 11 is 1.81. The van der Waals surface area contributed by atoms with E-state index in [9.17, 15) is 4.79 Å². The molecule has 0 saturated carbocycles.